The number of hydrogen-bond acceptors (Lipinski definition) is 10. The molecule has 1 aliphatic rings. The van der Waals surface area contributed by atoms with Gasteiger partial charge in [-0.1, -0.05) is 128 Å². The van der Waals surface area contributed by atoms with Crippen LogP contribution in [0.5, 0.6) is 0 Å². The van der Waals surface area contributed by atoms with Gasteiger partial charge in [0.25, 0.3) is 0 Å². The third kappa shape index (κ3) is 36.9. The Labute approximate surface area is 472 Å². The van der Waals surface area contributed by atoms with Crippen molar-refractivity contribution in [1.82, 2.24) is 5.32 Å². The molecule has 0 aromatic rings. The molecular weight excluding hydrogens is 1020 g/mol. The van der Waals surface area contributed by atoms with Crippen LogP contribution in [0.3, 0.4) is 0 Å². The van der Waals surface area contributed by atoms with Gasteiger partial charge in [0.1, 0.15) is 24.4 Å². The molecule has 1 saturated heterocycles. The van der Waals surface area contributed by atoms with Gasteiger partial charge in [-0.05, 0) is 212 Å². The number of nitrogens with one attached hydrogen (secondary N) is 1. The highest BCUT2D eigenvalue weighted by Gasteiger charge is 2.49. The highest BCUT2D eigenvalue weighted by atomic mass is 31.3. The monoisotopic (exact) mass is 1130 g/mol. The first-order chi connectivity index (χ1) is 36.7. The van der Waals surface area contributed by atoms with Crippen molar-refractivity contribution in [3.63, 3.8) is 0 Å². The maximum Gasteiger partial charge on any atom is 0.483 e. The van der Waals surface area contributed by atoms with E-state index in [-0.39, 0.29) is 0 Å². The quantitative estimate of drug-likeness (QED) is 0.0252. The summed E-state index contributed by atoms with van der Waals surface area (Å²) in [7, 11) is -10.6. The summed E-state index contributed by atoms with van der Waals surface area (Å²) in [6, 6.07) is -1.58. The van der Waals surface area contributed by atoms with Crippen molar-refractivity contribution in [2.24, 2.45) is 0 Å². The van der Waals surface area contributed by atoms with E-state index in [0.29, 0.717) is 6.42 Å². The van der Waals surface area contributed by atoms with Gasteiger partial charge in [-0.3, -0.25) is 13.8 Å². The zero-order valence-electron chi connectivity index (χ0n) is 50.3. The molecule has 0 aromatic heterocycles. The van der Waals surface area contributed by atoms with Crippen molar-refractivity contribution >= 4 is 21.6 Å². The predicted molar refractivity (Wildman–Crippen MR) is 322 cm³/mol. The summed E-state index contributed by atoms with van der Waals surface area (Å²) in [6.07, 6.45) is 39.6. The van der Waals surface area contributed by atoms with Gasteiger partial charge in [0.2, 0.25) is 5.91 Å². The number of phosphoric ester groups is 2. The first-order valence-electron chi connectivity index (χ1n) is 28.5. The highest BCUT2D eigenvalue weighted by molar-refractivity contribution is 7.61. The van der Waals surface area contributed by atoms with E-state index < -0.39 is 65.4 Å². The van der Waals surface area contributed by atoms with Crippen LogP contribution in [0.2, 0.25) is 0 Å². The number of aliphatic hydroxyl groups is 3. The molecule has 78 heavy (non-hydrogen) atoms. The lowest BCUT2D eigenvalue weighted by molar-refractivity contribution is -0.247. The van der Waals surface area contributed by atoms with E-state index in [0.717, 1.165) is 128 Å². The maximum absolute atomic E-state index is 12.6. The van der Waals surface area contributed by atoms with Crippen molar-refractivity contribution in [2.45, 2.75) is 249 Å². The maximum atomic E-state index is 12.6. The molecule has 0 saturated carbocycles. The summed E-state index contributed by atoms with van der Waals surface area (Å²) in [4.78, 5) is 31.9. The summed E-state index contributed by atoms with van der Waals surface area (Å²) in [5.41, 5.74) is 15.3. The number of carbonyl (C=O) groups excluding carboxylic acids is 1. The normalized spacial score (nSPS) is 21.6. The van der Waals surface area contributed by atoms with Crippen LogP contribution in [0.1, 0.15) is 218 Å². The molecule has 0 aromatic carbocycles. The van der Waals surface area contributed by atoms with Gasteiger partial charge >= 0.3 is 15.6 Å². The van der Waals surface area contributed by atoms with Gasteiger partial charge in [-0.25, -0.2) is 9.13 Å². The van der Waals surface area contributed by atoms with E-state index in [9.17, 15) is 39.0 Å². The van der Waals surface area contributed by atoms with Crippen LogP contribution in [0.25, 0.3) is 0 Å². The topological polar surface area (TPSA) is 201 Å². The molecular formula is C63H105NO12P2. The van der Waals surface area contributed by atoms with Gasteiger partial charge in [0, 0.05) is 6.92 Å². The molecule has 1 amide bonds. The molecule has 6 N–H and O–H groups in total. The third-order valence-corrected chi connectivity index (χ3v) is 16.3. The molecule has 13 nitrogen and oxygen atoms in total. The standard InChI is InChI=1S/C63H105NO12P2/c1-47(2)24-14-25-48(3)26-15-27-49(4)28-16-29-50(5)30-17-31-51(6)32-18-33-52(7)34-19-35-53(8)36-20-37-54(9)38-21-39-55(10)40-22-41-56(11)42-23-43-57(12)44-45-73-77(69,70)76-78(71,72)75-63-60(64-58(13)66)62(68)61(67)59(46-65)74-63/h24,26,28,30,32,34,36,38,40,42,44,59-63,65,67-68H,14-23,25,27,29,31,33,35,37,39,41,43,45-46H2,1-13H3,(H,64,66)(H,69,70)(H,71,72)/b48-26+,49-28+,50-30-,51-32-,52-34-,53-36-,54-38-,55-40-,56-42-,57-44-/t59-,60-,61-,62-,63-/m1/s1. The van der Waals surface area contributed by atoms with Crippen LogP contribution in [-0.4, -0.2) is 74.9 Å². The Morgan fingerprint density at radius 3 is 1.00 bits per heavy atom. The number of phosphoric acid groups is 2. The van der Waals surface area contributed by atoms with Gasteiger partial charge in [-0.15, -0.1) is 0 Å². The van der Waals surface area contributed by atoms with Crippen LogP contribution in [0, 0.1) is 0 Å². The van der Waals surface area contributed by atoms with Crippen molar-refractivity contribution in [3.8, 4) is 0 Å². The second kappa shape index (κ2) is 40.8. The molecule has 1 aliphatic heterocycles. The van der Waals surface area contributed by atoms with Crippen molar-refractivity contribution in [1.29, 1.82) is 0 Å². The third-order valence-electron chi connectivity index (χ3n) is 13.7. The zero-order chi connectivity index (χ0) is 58.7. The Morgan fingerprint density at radius 1 is 0.449 bits per heavy atom. The smallest absolute Gasteiger partial charge is 0.394 e. The van der Waals surface area contributed by atoms with E-state index in [1.54, 1.807) is 6.08 Å². The molecule has 1 fully saturated rings. The van der Waals surface area contributed by atoms with Crippen LogP contribution in [0.4, 0.5) is 0 Å². The fraction of sp³-hybridized carbons (Fsp3) is 0.635. The largest absolute Gasteiger partial charge is 0.483 e. The van der Waals surface area contributed by atoms with E-state index in [4.69, 9.17) is 13.8 Å². The van der Waals surface area contributed by atoms with Gasteiger partial charge in [-0.2, -0.15) is 4.31 Å². The molecule has 0 spiro atoms. The Balaban J connectivity index is 2.33. The first-order valence-corrected chi connectivity index (χ1v) is 31.5. The van der Waals surface area contributed by atoms with Crippen LogP contribution in [0.15, 0.2) is 128 Å². The molecule has 1 rings (SSSR count). The Morgan fingerprint density at radius 2 is 0.731 bits per heavy atom. The second-order valence-corrected chi connectivity index (χ2v) is 25.0. The van der Waals surface area contributed by atoms with Crippen LogP contribution < -0.4 is 5.32 Å². The zero-order valence-corrected chi connectivity index (χ0v) is 52.1. The highest BCUT2D eigenvalue weighted by Crippen LogP contribution is 2.61. The molecule has 0 radical (unpaired) electrons. The average Bonchev–Trinajstić information content (AvgIpc) is 3.33. The fourth-order valence-electron chi connectivity index (χ4n) is 8.66. The second-order valence-electron chi connectivity index (χ2n) is 22.0. The van der Waals surface area contributed by atoms with E-state index >= 15 is 0 Å². The number of aliphatic hydroxyl groups excluding tert-OH is 3. The van der Waals surface area contributed by atoms with Crippen molar-refractivity contribution in [3.05, 3.63) is 128 Å². The Hall–Kier alpha value is -3.29. The number of hydrogen-bond donors (Lipinski definition) is 6. The molecule has 2 unspecified atom stereocenters. The van der Waals surface area contributed by atoms with Crippen LogP contribution >= 0.6 is 15.6 Å². The summed E-state index contributed by atoms with van der Waals surface area (Å²) in [6.45, 7) is 26.2. The van der Waals surface area contributed by atoms with Gasteiger partial charge in [0.15, 0.2) is 6.29 Å². The minimum atomic E-state index is -5.42. The van der Waals surface area contributed by atoms with E-state index in [2.05, 4.69) is 147 Å². The van der Waals surface area contributed by atoms with E-state index in [1.165, 1.54) is 62.2 Å². The number of amides is 1. The lowest BCUT2D eigenvalue weighted by atomic mass is 9.97. The average molecular weight is 1130 g/mol. The summed E-state index contributed by atoms with van der Waals surface area (Å²) < 4.78 is 44.4. The molecule has 0 aliphatic carbocycles. The molecule has 1 heterocycles. The van der Waals surface area contributed by atoms with Crippen molar-refractivity contribution in [2.75, 3.05) is 13.2 Å². The minimum absolute atomic E-state index is 0.407. The Kier molecular flexibility index (Phi) is 38.1. The summed E-state index contributed by atoms with van der Waals surface area (Å²) in [5, 5.41) is 32.1. The number of ether oxygens (including phenoxy) is 1. The predicted octanol–water partition coefficient (Wildman–Crippen LogP) is 16.4. The first kappa shape index (κ1) is 72.7. The number of carbonyl (C=O) groups is 1. The van der Waals surface area contributed by atoms with Gasteiger partial charge < -0.3 is 35.2 Å². The van der Waals surface area contributed by atoms with E-state index in [1.807, 2.05) is 6.92 Å². The van der Waals surface area contributed by atoms with Crippen molar-refractivity contribution < 1.29 is 57.1 Å². The van der Waals surface area contributed by atoms with Gasteiger partial charge in [0.05, 0.1) is 13.2 Å². The molecule has 15 heteroatoms. The SMILES string of the molecule is CC(=O)N[C@H]1[C@@H](OP(=O)(O)OP(=O)(O)OC/C=C(/C)CC/C=C(/C)CC/C=C(/C)CC/C=C(/C)CC/C=C(/C)CC/C=C(/C)CC/C=C(/C)CC/C=C(/C)CC/C=C(\C)CC/C=C(\C)CCC=C(C)C)O[C@H](CO)[C@@H](O)[C@@H]1O. The molecule has 0 bridgehead atoms. The fourth-order valence-corrected chi connectivity index (χ4v) is 10.8. The lowest BCUT2D eigenvalue weighted by Crippen LogP contribution is -2.64. The lowest BCUT2D eigenvalue weighted by Gasteiger charge is -2.42. The summed E-state index contributed by atoms with van der Waals surface area (Å²) in [5.74, 6) is -0.707. The summed E-state index contributed by atoms with van der Waals surface area (Å²) >= 11 is 0. The number of rotatable bonds is 39. The molecule has 444 valence electrons. The Bertz CT molecular complexity index is 2260. The molecule has 7 atom stereocenters. The number of allylic oxidation sites excluding steroid dienone is 21. The minimum Gasteiger partial charge on any atom is -0.394 e. The van der Waals surface area contributed by atoms with Crippen LogP contribution in [-0.2, 0) is 32.0 Å².